The zero-order valence-corrected chi connectivity index (χ0v) is 13.2. The van der Waals surface area contributed by atoms with E-state index in [-0.39, 0.29) is 5.91 Å². The van der Waals surface area contributed by atoms with Gasteiger partial charge in [-0.05, 0) is 43.5 Å². The van der Waals surface area contributed by atoms with Gasteiger partial charge in [0, 0.05) is 38.3 Å². The molecule has 21 heavy (non-hydrogen) atoms. The molecule has 0 aliphatic carbocycles. The third-order valence-electron chi connectivity index (χ3n) is 4.40. The lowest BCUT2D eigenvalue weighted by atomic mass is 10.0. The van der Waals surface area contributed by atoms with Crippen molar-refractivity contribution >= 4 is 5.91 Å². The fourth-order valence-electron chi connectivity index (χ4n) is 3.00. The third kappa shape index (κ3) is 4.05. The number of benzene rings is 1. The second-order valence-electron chi connectivity index (χ2n) is 5.89. The second kappa shape index (κ2) is 7.57. The van der Waals surface area contributed by atoms with Gasteiger partial charge in [0.05, 0.1) is 0 Å². The second-order valence-corrected chi connectivity index (χ2v) is 5.89. The summed E-state index contributed by atoms with van der Waals surface area (Å²) in [4.78, 5) is 16.9. The van der Waals surface area contributed by atoms with Crippen molar-refractivity contribution in [3.8, 4) is 0 Å². The first kappa shape index (κ1) is 16.0. The standard InChI is InChI=1S/C17H27N3O/c1-3-10-20-11-8-16(9-12-20)19(2)17(21)15-6-4-14(13-18)5-7-15/h4-7,16H,3,8-13,18H2,1-2H3. The molecule has 1 fully saturated rings. The van der Waals surface area contributed by atoms with Crippen LogP contribution in [-0.4, -0.2) is 48.4 Å². The zero-order valence-electron chi connectivity index (χ0n) is 13.2. The van der Waals surface area contributed by atoms with E-state index < -0.39 is 0 Å². The Labute approximate surface area is 127 Å². The molecule has 0 saturated carbocycles. The summed E-state index contributed by atoms with van der Waals surface area (Å²) in [7, 11) is 1.93. The van der Waals surface area contributed by atoms with Gasteiger partial charge in [-0.3, -0.25) is 4.79 Å². The maximum absolute atomic E-state index is 12.5. The van der Waals surface area contributed by atoms with Crippen molar-refractivity contribution in [2.75, 3.05) is 26.7 Å². The highest BCUT2D eigenvalue weighted by molar-refractivity contribution is 5.94. The molecule has 0 spiro atoms. The van der Waals surface area contributed by atoms with Gasteiger partial charge in [0.25, 0.3) is 5.91 Å². The number of rotatable bonds is 5. The minimum Gasteiger partial charge on any atom is -0.339 e. The molecule has 0 unspecified atom stereocenters. The van der Waals surface area contributed by atoms with E-state index in [1.54, 1.807) is 0 Å². The van der Waals surface area contributed by atoms with Crippen molar-refractivity contribution in [2.24, 2.45) is 5.73 Å². The molecule has 4 heteroatoms. The van der Waals surface area contributed by atoms with E-state index in [4.69, 9.17) is 5.73 Å². The van der Waals surface area contributed by atoms with Gasteiger partial charge in [-0.2, -0.15) is 0 Å². The molecule has 0 radical (unpaired) electrons. The molecule has 0 aromatic heterocycles. The number of carbonyl (C=O) groups excluding carboxylic acids is 1. The van der Waals surface area contributed by atoms with Crippen molar-refractivity contribution in [3.05, 3.63) is 35.4 Å². The molecule has 1 saturated heterocycles. The molecule has 1 amide bonds. The van der Waals surface area contributed by atoms with E-state index in [0.717, 1.165) is 37.1 Å². The number of piperidine rings is 1. The molecule has 2 rings (SSSR count). The number of likely N-dealkylation sites (tertiary alicyclic amines) is 1. The predicted molar refractivity (Wildman–Crippen MR) is 86.2 cm³/mol. The van der Waals surface area contributed by atoms with E-state index in [1.165, 1.54) is 13.0 Å². The third-order valence-corrected chi connectivity index (χ3v) is 4.40. The van der Waals surface area contributed by atoms with E-state index in [2.05, 4.69) is 11.8 Å². The molecule has 4 nitrogen and oxygen atoms in total. The van der Waals surface area contributed by atoms with Gasteiger partial charge in [-0.25, -0.2) is 0 Å². The zero-order chi connectivity index (χ0) is 15.2. The van der Waals surface area contributed by atoms with Crippen LogP contribution in [0, 0.1) is 0 Å². The molecule has 1 aromatic rings. The summed E-state index contributed by atoms with van der Waals surface area (Å²) in [6, 6.07) is 8.00. The van der Waals surface area contributed by atoms with Crippen molar-refractivity contribution in [2.45, 2.75) is 38.8 Å². The van der Waals surface area contributed by atoms with Crippen LogP contribution in [0.4, 0.5) is 0 Å². The van der Waals surface area contributed by atoms with Crippen molar-refractivity contribution in [3.63, 3.8) is 0 Å². The Hall–Kier alpha value is -1.39. The largest absolute Gasteiger partial charge is 0.339 e. The number of amides is 1. The summed E-state index contributed by atoms with van der Waals surface area (Å²) in [5.41, 5.74) is 7.40. The van der Waals surface area contributed by atoms with Gasteiger partial charge in [-0.15, -0.1) is 0 Å². The number of nitrogens with two attached hydrogens (primary N) is 1. The summed E-state index contributed by atoms with van der Waals surface area (Å²) >= 11 is 0. The molecule has 0 bridgehead atoms. The van der Waals surface area contributed by atoms with Crippen LogP contribution in [0.5, 0.6) is 0 Å². The average molecular weight is 289 g/mol. The topological polar surface area (TPSA) is 49.6 Å². The number of hydrogen-bond donors (Lipinski definition) is 1. The highest BCUT2D eigenvalue weighted by Crippen LogP contribution is 2.18. The van der Waals surface area contributed by atoms with Crippen molar-refractivity contribution < 1.29 is 4.79 Å². The van der Waals surface area contributed by atoms with Crippen LogP contribution < -0.4 is 5.73 Å². The van der Waals surface area contributed by atoms with Gasteiger partial charge in [0.2, 0.25) is 0 Å². The summed E-state index contributed by atoms with van der Waals surface area (Å²) in [5, 5.41) is 0. The Morgan fingerprint density at radius 3 is 2.43 bits per heavy atom. The molecule has 1 heterocycles. The fourth-order valence-corrected chi connectivity index (χ4v) is 3.00. The first-order chi connectivity index (χ1) is 10.2. The van der Waals surface area contributed by atoms with Crippen molar-refractivity contribution in [1.82, 2.24) is 9.80 Å². The van der Waals surface area contributed by atoms with Crippen LogP contribution in [0.25, 0.3) is 0 Å². The van der Waals surface area contributed by atoms with Crippen LogP contribution in [0.3, 0.4) is 0 Å². The summed E-state index contributed by atoms with van der Waals surface area (Å²) in [6.07, 6.45) is 3.35. The van der Waals surface area contributed by atoms with Crippen LogP contribution in [-0.2, 0) is 6.54 Å². The molecule has 0 atom stereocenters. The van der Waals surface area contributed by atoms with E-state index in [1.807, 2.05) is 36.2 Å². The molecule has 1 aromatic carbocycles. The lowest BCUT2D eigenvalue weighted by Gasteiger charge is -2.36. The van der Waals surface area contributed by atoms with Gasteiger partial charge >= 0.3 is 0 Å². The Balaban J connectivity index is 1.93. The predicted octanol–water partition coefficient (Wildman–Crippen LogP) is 2.09. The molecule has 1 aliphatic rings. The van der Waals surface area contributed by atoms with E-state index in [9.17, 15) is 4.79 Å². The molecular weight excluding hydrogens is 262 g/mol. The monoisotopic (exact) mass is 289 g/mol. The minimum atomic E-state index is 0.118. The molecule has 1 aliphatic heterocycles. The van der Waals surface area contributed by atoms with Crippen molar-refractivity contribution in [1.29, 1.82) is 0 Å². The molecule has 2 N–H and O–H groups in total. The highest BCUT2D eigenvalue weighted by atomic mass is 16.2. The van der Waals surface area contributed by atoms with Crippen LogP contribution in [0.15, 0.2) is 24.3 Å². The summed E-state index contributed by atoms with van der Waals surface area (Å²) < 4.78 is 0. The van der Waals surface area contributed by atoms with Gasteiger partial charge < -0.3 is 15.5 Å². The summed E-state index contributed by atoms with van der Waals surface area (Å²) in [6.45, 7) is 6.10. The van der Waals surface area contributed by atoms with Crippen LogP contribution >= 0.6 is 0 Å². The number of carbonyl (C=O) groups is 1. The fraction of sp³-hybridized carbons (Fsp3) is 0.588. The van der Waals surface area contributed by atoms with Gasteiger partial charge in [0.1, 0.15) is 0 Å². The SMILES string of the molecule is CCCN1CCC(N(C)C(=O)c2ccc(CN)cc2)CC1. The van der Waals surface area contributed by atoms with Crippen LogP contribution in [0.1, 0.15) is 42.1 Å². The lowest BCUT2D eigenvalue weighted by molar-refractivity contribution is 0.0642. The average Bonchev–Trinajstić information content (AvgIpc) is 2.54. The Morgan fingerprint density at radius 1 is 1.29 bits per heavy atom. The Morgan fingerprint density at radius 2 is 1.90 bits per heavy atom. The Kier molecular flexibility index (Phi) is 5.76. The quantitative estimate of drug-likeness (QED) is 0.903. The first-order valence-electron chi connectivity index (χ1n) is 7.94. The number of hydrogen-bond acceptors (Lipinski definition) is 3. The molecular formula is C17H27N3O. The summed E-state index contributed by atoms with van der Waals surface area (Å²) in [5.74, 6) is 0.118. The van der Waals surface area contributed by atoms with Crippen LogP contribution in [0.2, 0.25) is 0 Å². The lowest BCUT2D eigenvalue weighted by Crippen LogP contribution is -2.45. The normalized spacial score (nSPS) is 16.9. The number of nitrogens with zero attached hydrogens (tertiary/aromatic N) is 2. The van der Waals surface area contributed by atoms with Gasteiger partial charge in [-0.1, -0.05) is 19.1 Å². The maximum atomic E-state index is 12.5. The van der Waals surface area contributed by atoms with E-state index in [0.29, 0.717) is 12.6 Å². The smallest absolute Gasteiger partial charge is 0.253 e. The Bertz CT molecular complexity index is 450. The maximum Gasteiger partial charge on any atom is 0.253 e. The highest BCUT2D eigenvalue weighted by Gasteiger charge is 2.25. The molecule has 116 valence electrons. The van der Waals surface area contributed by atoms with Gasteiger partial charge in [0.15, 0.2) is 0 Å². The minimum absolute atomic E-state index is 0.118. The first-order valence-corrected chi connectivity index (χ1v) is 7.94. The van der Waals surface area contributed by atoms with E-state index >= 15 is 0 Å².